The standard InChI is InChI=1S/C23H19Br2N7O2/c24-13-4-1-3-12-19-21(26)27-10-28-22(19)31(20(12)13)9-18(33)32-14-7-11(14)8-15(32)23(34)30-17-6-2-5-16(25)29-17/h1-6,10-11,14-15H,7-9H2,(H2,26,27,28)(H,29,30,34)/t11-,14?,15+/m1/s1. The van der Waals surface area contributed by atoms with Crippen LogP contribution in [0.15, 0.2) is 51.8 Å². The maximum absolute atomic E-state index is 13.7. The van der Waals surface area contributed by atoms with Gasteiger partial charge in [-0.1, -0.05) is 18.2 Å². The fraction of sp³-hybridized carbons (Fsp3) is 0.261. The van der Waals surface area contributed by atoms with Crippen LogP contribution in [0.4, 0.5) is 11.6 Å². The maximum atomic E-state index is 13.7. The van der Waals surface area contributed by atoms with E-state index in [-0.39, 0.29) is 24.4 Å². The van der Waals surface area contributed by atoms with E-state index in [2.05, 4.69) is 52.1 Å². The molecule has 2 aliphatic rings. The molecule has 1 aliphatic carbocycles. The predicted octanol–water partition coefficient (Wildman–Crippen LogP) is 3.71. The van der Waals surface area contributed by atoms with Crippen molar-refractivity contribution < 1.29 is 9.59 Å². The highest BCUT2D eigenvalue weighted by molar-refractivity contribution is 9.10. The Balaban J connectivity index is 1.34. The minimum absolute atomic E-state index is 0.0429. The van der Waals surface area contributed by atoms with Crippen molar-refractivity contribution in [1.82, 2.24) is 24.4 Å². The molecular formula is C23H19Br2N7O2. The molecule has 1 aliphatic heterocycles. The van der Waals surface area contributed by atoms with Crippen LogP contribution in [-0.4, -0.2) is 48.3 Å². The largest absolute Gasteiger partial charge is 0.383 e. The van der Waals surface area contributed by atoms with Gasteiger partial charge in [0, 0.05) is 15.9 Å². The first-order valence-electron chi connectivity index (χ1n) is 10.8. The molecule has 9 nitrogen and oxygen atoms in total. The van der Waals surface area contributed by atoms with Crippen molar-refractivity contribution in [2.45, 2.75) is 31.5 Å². The molecule has 172 valence electrons. The molecule has 6 rings (SSSR count). The Bertz CT molecular complexity index is 1490. The van der Waals surface area contributed by atoms with Crippen LogP contribution in [0.2, 0.25) is 0 Å². The predicted molar refractivity (Wildman–Crippen MR) is 135 cm³/mol. The van der Waals surface area contributed by atoms with Crippen LogP contribution in [-0.2, 0) is 16.1 Å². The van der Waals surface area contributed by atoms with Crippen LogP contribution in [0.5, 0.6) is 0 Å². The van der Waals surface area contributed by atoms with Gasteiger partial charge in [-0.3, -0.25) is 9.59 Å². The van der Waals surface area contributed by atoms with E-state index in [1.165, 1.54) is 6.33 Å². The number of halogens is 2. The smallest absolute Gasteiger partial charge is 0.248 e. The number of carbonyl (C=O) groups is 2. The lowest BCUT2D eigenvalue weighted by atomic mass is 10.1. The number of carbonyl (C=O) groups excluding carboxylic acids is 2. The third-order valence-electron chi connectivity index (χ3n) is 6.59. The first-order valence-corrected chi connectivity index (χ1v) is 12.4. The molecule has 3 aromatic heterocycles. The molecular weight excluding hydrogens is 566 g/mol. The monoisotopic (exact) mass is 583 g/mol. The van der Waals surface area contributed by atoms with E-state index in [9.17, 15) is 9.59 Å². The summed E-state index contributed by atoms with van der Waals surface area (Å²) in [6.07, 6.45) is 2.98. The fourth-order valence-electron chi connectivity index (χ4n) is 5.06. The number of anilines is 2. The molecule has 4 heterocycles. The van der Waals surface area contributed by atoms with Crippen molar-refractivity contribution in [2.75, 3.05) is 11.1 Å². The summed E-state index contributed by atoms with van der Waals surface area (Å²) in [5.74, 6) is 0.825. The van der Waals surface area contributed by atoms with Gasteiger partial charge in [-0.15, -0.1) is 0 Å². The van der Waals surface area contributed by atoms with Crippen LogP contribution in [0, 0.1) is 5.92 Å². The van der Waals surface area contributed by atoms with Crippen molar-refractivity contribution in [3.8, 4) is 0 Å². The zero-order valence-electron chi connectivity index (χ0n) is 17.8. The molecule has 3 atom stereocenters. The van der Waals surface area contributed by atoms with Crippen LogP contribution < -0.4 is 11.1 Å². The molecule has 1 unspecified atom stereocenters. The highest BCUT2D eigenvalue weighted by atomic mass is 79.9. The van der Waals surface area contributed by atoms with E-state index in [4.69, 9.17) is 5.73 Å². The summed E-state index contributed by atoms with van der Waals surface area (Å²) in [6, 6.07) is 10.6. The molecule has 1 saturated heterocycles. The molecule has 34 heavy (non-hydrogen) atoms. The number of aromatic nitrogens is 4. The lowest BCUT2D eigenvalue weighted by Gasteiger charge is -2.27. The second-order valence-corrected chi connectivity index (χ2v) is 10.3. The second kappa shape index (κ2) is 8.02. The van der Waals surface area contributed by atoms with Crippen LogP contribution in [0.3, 0.4) is 0 Å². The molecule has 11 heteroatoms. The number of nitrogens with zero attached hydrogens (tertiary/aromatic N) is 5. The molecule has 0 spiro atoms. The summed E-state index contributed by atoms with van der Waals surface area (Å²) in [7, 11) is 0. The van der Waals surface area contributed by atoms with Gasteiger partial charge >= 0.3 is 0 Å². The van der Waals surface area contributed by atoms with Crippen LogP contribution in [0.1, 0.15) is 12.8 Å². The number of hydrogen-bond donors (Lipinski definition) is 2. The Kier molecular flexibility index (Phi) is 5.07. The molecule has 0 bridgehead atoms. The van der Waals surface area contributed by atoms with E-state index in [0.717, 1.165) is 21.8 Å². The fourth-order valence-corrected chi connectivity index (χ4v) is 5.98. The Labute approximate surface area is 211 Å². The van der Waals surface area contributed by atoms with Crippen molar-refractivity contribution in [3.05, 3.63) is 51.8 Å². The number of pyridine rings is 1. The minimum atomic E-state index is -0.534. The summed E-state index contributed by atoms with van der Waals surface area (Å²) >= 11 is 6.93. The zero-order valence-corrected chi connectivity index (χ0v) is 21.0. The Morgan fingerprint density at radius 3 is 2.76 bits per heavy atom. The molecule has 3 N–H and O–H groups in total. The molecule has 4 aromatic rings. The van der Waals surface area contributed by atoms with Gasteiger partial charge in [0.15, 0.2) is 0 Å². The van der Waals surface area contributed by atoms with E-state index in [1.54, 1.807) is 23.1 Å². The number of nitrogens with two attached hydrogens (primary N) is 1. The Hall–Kier alpha value is -3.05. The van der Waals surface area contributed by atoms with Gasteiger partial charge in [-0.25, -0.2) is 15.0 Å². The van der Waals surface area contributed by atoms with E-state index in [0.29, 0.717) is 39.6 Å². The number of nitrogens with one attached hydrogen (secondary N) is 1. The summed E-state index contributed by atoms with van der Waals surface area (Å²) in [5.41, 5.74) is 7.59. The van der Waals surface area contributed by atoms with Crippen molar-refractivity contribution in [3.63, 3.8) is 0 Å². The first-order chi connectivity index (χ1) is 16.4. The van der Waals surface area contributed by atoms with Gasteiger partial charge in [-0.05, 0) is 68.8 Å². The lowest BCUT2D eigenvalue weighted by Crippen LogP contribution is -2.46. The molecule has 0 radical (unpaired) electrons. The number of nitrogen functional groups attached to an aromatic ring is 1. The molecule has 1 aromatic carbocycles. The Morgan fingerprint density at radius 2 is 1.94 bits per heavy atom. The van der Waals surface area contributed by atoms with Crippen LogP contribution in [0.25, 0.3) is 21.9 Å². The van der Waals surface area contributed by atoms with Crippen molar-refractivity contribution in [2.24, 2.45) is 5.92 Å². The van der Waals surface area contributed by atoms with Gasteiger partial charge in [-0.2, -0.15) is 0 Å². The SMILES string of the molecule is Nc1ncnc2c1c1cccc(Br)c1n2CC(=O)N1C2C[C@@H]2C[C@H]1C(=O)Nc1cccc(Br)n1. The maximum Gasteiger partial charge on any atom is 0.248 e. The van der Waals surface area contributed by atoms with Gasteiger partial charge in [0.05, 0.1) is 10.9 Å². The molecule has 2 fully saturated rings. The van der Waals surface area contributed by atoms with Crippen molar-refractivity contribution >= 4 is 77.2 Å². The average molecular weight is 585 g/mol. The zero-order chi connectivity index (χ0) is 23.6. The van der Waals surface area contributed by atoms with Gasteiger partial charge < -0.3 is 20.5 Å². The number of benzene rings is 1. The molecule has 2 amide bonds. The number of hydrogen-bond acceptors (Lipinski definition) is 6. The second-order valence-electron chi connectivity index (χ2n) is 8.63. The highest BCUT2D eigenvalue weighted by Crippen LogP contribution is 2.48. The number of likely N-dealkylation sites (tertiary alicyclic amines) is 1. The van der Waals surface area contributed by atoms with Gasteiger partial charge in [0.2, 0.25) is 11.8 Å². The number of para-hydroxylation sites is 1. The van der Waals surface area contributed by atoms with E-state index in [1.807, 2.05) is 22.8 Å². The average Bonchev–Trinajstić information content (AvgIpc) is 3.33. The van der Waals surface area contributed by atoms with Gasteiger partial charge in [0.1, 0.15) is 40.8 Å². The third-order valence-corrected chi connectivity index (χ3v) is 7.67. The Morgan fingerprint density at radius 1 is 1.12 bits per heavy atom. The highest BCUT2D eigenvalue weighted by Gasteiger charge is 2.56. The summed E-state index contributed by atoms with van der Waals surface area (Å²) in [4.78, 5) is 41.4. The number of amides is 2. The topological polar surface area (TPSA) is 119 Å². The van der Waals surface area contributed by atoms with Crippen LogP contribution >= 0.6 is 31.9 Å². The minimum Gasteiger partial charge on any atom is -0.383 e. The quantitative estimate of drug-likeness (QED) is 0.353. The summed E-state index contributed by atoms with van der Waals surface area (Å²) in [5, 5.41) is 4.45. The van der Waals surface area contributed by atoms with E-state index < -0.39 is 6.04 Å². The van der Waals surface area contributed by atoms with E-state index >= 15 is 0 Å². The first kappa shape index (κ1) is 21.5. The van der Waals surface area contributed by atoms with Gasteiger partial charge in [0.25, 0.3) is 0 Å². The lowest BCUT2D eigenvalue weighted by molar-refractivity contribution is -0.138. The molecule has 1 saturated carbocycles. The number of rotatable bonds is 4. The summed E-state index contributed by atoms with van der Waals surface area (Å²) in [6.45, 7) is 0.0429. The third kappa shape index (κ3) is 3.45. The number of fused-ring (bicyclic) bond motifs is 4. The summed E-state index contributed by atoms with van der Waals surface area (Å²) < 4.78 is 3.32. The van der Waals surface area contributed by atoms with Crippen molar-refractivity contribution in [1.29, 1.82) is 0 Å². The normalized spacial score (nSPS) is 21.1. The number of piperidine rings is 1.